The van der Waals surface area contributed by atoms with E-state index in [4.69, 9.17) is 0 Å². The van der Waals surface area contributed by atoms with Crippen molar-refractivity contribution in [2.45, 2.75) is 13.5 Å². The van der Waals surface area contributed by atoms with Gasteiger partial charge in [-0.3, -0.25) is 9.78 Å². The number of hydrogen-bond donors (Lipinski definition) is 1. The molecule has 0 saturated carbocycles. The molecule has 20 heavy (non-hydrogen) atoms. The van der Waals surface area contributed by atoms with Gasteiger partial charge in [0.05, 0.1) is 12.2 Å². The lowest BCUT2D eigenvalue weighted by atomic mass is 10.2. The molecule has 102 valence electrons. The van der Waals surface area contributed by atoms with Crippen molar-refractivity contribution < 1.29 is 9.18 Å². The van der Waals surface area contributed by atoms with Gasteiger partial charge in [0.1, 0.15) is 5.82 Å². The molecule has 0 aliphatic carbocycles. The third kappa shape index (κ3) is 4.02. The third-order valence-corrected chi connectivity index (χ3v) is 2.85. The van der Waals surface area contributed by atoms with Crippen LogP contribution in [0.1, 0.15) is 16.8 Å². The first-order chi connectivity index (χ1) is 9.65. The first kappa shape index (κ1) is 13.9. The van der Waals surface area contributed by atoms with E-state index in [1.54, 1.807) is 24.4 Å². The highest BCUT2D eigenvalue weighted by molar-refractivity contribution is 5.91. The Morgan fingerprint density at radius 1 is 1.30 bits per heavy atom. The maximum atomic E-state index is 12.7. The lowest BCUT2D eigenvalue weighted by Gasteiger charge is -2.04. The van der Waals surface area contributed by atoms with Gasteiger partial charge in [0, 0.05) is 12.3 Å². The van der Waals surface area contributed by atoms with Crippen molar-refractivity contribution in [1.82, 2.24) is 10.3 Å². The molecular formula is C16H15FN2O. The molecule has 0 radical (unpaired) electrons. The van der Waals surface area contributed by atoms with Crippen LogP contribution >= 0.6 is 0 Å². The monoisotopic (exact) mass is 270 g/mol. The fraction of sp³-hybridized carbons (Fsp3) is 0.125. The smallest absolute Gasteiger partial charge is 0.244 e. The first-order valence-corrected chi connectivity index (χ1v) is 6.27. The number of pyridine rings is 1. The maximum absolute atomic E-state index is 12.7. The van der Waals surface area contributed by atoms with Crippen LogP contribution < -0.4 is 5.32 Å². The van der Waals surface area contributed by atoms with E-state index in [1.807, 2.05) is 19.1 Å². The molecular weight excluding hydrogens is 255 g/mol. The lowest BCUT2D eigenvalue weighted by molar-refractivity contribution is -0.116. The van der Waals surface area contributed by atoms with Gasteiger partial charge >= 0.3 is 0 Å². The van der Waals surface area contributed by atoms with Crippen molar-refractivity contribution in [3.05, 3.63) is 71.3 Å². The zero-order valence-corrected chi connectivity index (χ0v) is 11.1. The van der Waals surface area contributed by atoms with Crippen LogP contribution in [-0.4, -0.2) is 10.9 Å². The second-order valence-electron chi connectivity index (χ2n) is 4.37. The molecule has 1 amide bonds. The predicted octanol–water partition coefficient (Wildman–Crippen LogP) is 2.86. The van der Waals surface area contributed by atoms with Gasteiger partial charge in [-0.15, -0.1) is 0 Å². The summed E-state index contributed by atoms with van der Waals surface area (Å²) in [7, 11) is 0. The summed E-state index contributed by atoms with van der Waals surface area (Å²) < 4.78 is 12.7. The number of halogens is 1. The zero-order valence-electron chi connectivity index (χ0n) is 11.1. The Hall–Kier alpha value is -2.49. The van der Waals surface area contributed by atoms with Crippen LogP contribution in [0.5, 0.6) is 0 Å². The average molecular weight is 270 g/mol. The highest BCUT2D eigenvalue weighted by Crippen LogP contribution is 2.05. The first-order valence-electron chi connectivity index (χ1n) is 6.27. The maximum Gasteiger partial charge on any atom is 0.244 e. The summed E-state index contributed by atoms with van der Waals surface area (Å²) in [6.45, 7) is 2.34. The molecule has 0 aliphatic heterocycles. The molecule has 1 aromatic carbocycles. The Labute approximate surface area is 117 Å². The fourth-order valence-corrected chi connectivity index (χ4v) is 1.68. The van der Waals surface area contributed by atoms with E-state index in [0.717, 1.165) is 16.8 Å². The van der Waals surface area contributed by atoms with Crippen molar-refractivity contribution in [2.24, 2.45) is 0 Å². The molecule has 0 aliphatic rings. The van der Waals surface area contributed by atoms with Crippen molar-refractivity contribution >= 4 is 12.0 Å². The highest BCUT2D eigenvalue weighted by Gasteiger charge is 2.00. The van der Waals surface area contributed by atoms with Gasteiger partial charge in [-0.05, 0) is 42.3 Å². The number of rotatable bonds is 4. The van der Waals surface area contributed by atoms with Crippen LogP contribution in [0.15, 0.2) is 48.7 Å². The summed E-state index contributed by atoms with van der Waals surface area (Å²) >= 11 is 0. The summed E-state index contributed by atoms with van der Waals surface area (Å²) in [5, 5.41) is 2.76. The molecule has 2 aromatic rings. The van der Waals surface area contributed by atoms with Gasteiger partial charge in [0.2, 0.25) is 5.91 Å². The molecule has 0 fully saturated rings. The Kier molecular flexibility index (Phi) is 4.60. The second-order valence-corrected chi connectivity index (χ2v) is 4.37. The molecule has 4 heteroatoms. The molecule has 0 atom stereocenters. The van der Waals surface area contributed by atoms with E-state index in [0.29, 0.717) is 6.54 Å². The van der Waals surface area contributed by atoms with Gasteiger partial charge in [-0.1, -0.05) is 18.2 Å². The topological polar surface area (TPSA) is 42.0 Å². The molecule has 1 aromatic heterocycles. The standard InChI is InChI=1S/C16H15FN2O/c1-12-3-2-10-18-15(12)11-19-16(20)9-6-13-4-7-14(17)8-5-13/h2-10H,11H2,1H3,(H,19,20)/b9-6+. The van der Waals surface area contributed by atoms with Crippen LogP contribution in [0.25, 0.3) is 6.08 Å². The van der Waals surface area contributed by atoms with Crippen molar-refractivity contribution in [3.8, 4) is 0 Å². The lowest BCUT2D eigenvalue weighted by Crippen LogP contribution is -2.21. The minimum atomic E-state index is -0.294. The van der Waals surface area contributed by atoms with Gasteiger partial charge < -0.3 is 5.32 Å². The molecule has 0 bridgehead atoms. The van der Waals surface area contributed by atoms with Crippen molar-refractivity contribution in [2.75, 3.05) is 0 Å². The van der Waals surface area contributed by atoms with Crippen LogP contribution in [0.3, 0.4) is 0 Å². The Morgan fingerprint density at radius 3 is 2.75 bits per heavy atom. The molecule has 3 nitrogen and oxygen atoms in total. The van der Waals surface area contributed by atoms with E-state index in [1.165, 1.54) is 18.2 Å². The minimum Gasteiger partial charge on any atom is -0.347 e. The molecule has 0 saturated heterocycles. The van der Waals surface area contributed by atoms with Gasteiger partial charge in [-0.25, -0.2) is 4.39 Å². The van der Waals surface area contributed by atoms with E-state index in [2.05, 4.69) is 10.3 Å². The summed E-state index contributed by atoms with van der Waals surface area (Å²) in [5.41, 5.74) is 2.65. The van der Waals surface area contributed by atoms with E-state index in [9.17, 15) is 9.18 Å². The normalized spacial score (nSPS) is 10.7. The molecule has 2 rings (SSSR count). The number of aryl methyl sites for hydroxylation is 1. The molecule has 1 N–H and O–H groups in total. The second kappa shape index (κ2) is 6.61. The van der Waals surface area contributed by atoms with Crippen LogP contribution in [0.4, 0.5) is 4.39 Å². The van der Waals surface area contributed by atoms with Crippen LogP contribution in [0.2, 0.25) is 0 Å². The van der Waals surface area contributed by atoms with Crippen molar-refractivity contribution in [1.29, 1.82) is 0 Å². The number of nitrogens with zero attached hydrogens (tertiary/aromatic N) is 1. The quantitative estimate of drug-likeness (QED) is 0.868. The summed E-state index contributed by atoms with van der Waals surface area (Å²) in [4.78, 5) is 15.9. The number of amides is 1. The van der Waals surface area contributed by atoms with E-state index in [-0.39, 0.29) is 11.7 Å². The number of hydrogen-bond acceptors (Lipinski definition) is 2. The Morgan fingerprint density at radius 2 is 2.05 bits per heavy atom. The fourth-order valence-electron chi connectivity index (χ4n) is 1.68. The van der Waals surface area contributed by atoms with Crippen LogP contribution in [-0.2, 0) is 11.3 Å². The van der Waals surface area contributed by atoms with Gasteiger partial charge in [-0.2, -0.15) is 0 Å². The average Bonchev–Trinajstić information content (AvgIpc) is 2.46. The minimum absolute atomic E-state index is 0.209. The molecule has 0 unspecified atom stereocenters. The summed E-state index contributed by atoms with van der Waals surface area (Å²) in [6.07, 6.45) is 4.76. The zero-order chi connectivity index (χ0) is 14.4. The number of nitrogens with one attached hydrogen (secondary N) is 1. The number of carbonyl (C=O) groups is 1. The largest absolute Gasteiger partial charge is 0.347 e. The number of benzene rings is 1. The molecule has 1 heterocycles. The SMILES string of the molecule is Cc1cccnc1CNC(=O)/C=C/c1ccc(F)cc1. The van der Waals surface area contributed by atoms with E-state index < -0.39 is 0 Å². The van der Waals surface area contributed by atoms with Crippen LogP contribution in [0, 0.1) is 12.7 Å². The van der Waals surface area contributed by atoms with Gasteiger partial charge in [0.25, 0.3) is 0 Å². The third-order valence-electron chi connectivity index (χ3n) is 2.85. The van der Waals surface area contributed by atoms with Gasteiger partial charge in [0.15, 0.2) is 0 Å². The number of carbonyl (C=O) groups excluding carboxylic acids is 1. The highest BCUT2D eigenvalue weighted by atomic mass is 19.1. The van der Waals surface area contributed by atoms with E-state index >= 15 is 0 Å². The Bertz CT molecular complexity index is 621. The number of aromatic nitrogens is 1. The molecule has 0 spiro atoms. The summed E-state index contributed by atoms with van der Waals surface area (Å²) in [6, 6.07) is 9.74. The van der Waals surface area contributed by atoms with Crippen molar-refractivity contribution in [3.63, 3.8) is 0 Å². The predicted molar refractivity (Wildman–Crippen MR) is 76.3 cm³/mol. The Balaban J connectivity index is 1.90. The summed E-state index contributed by atoms with van der Waals surface area (Å²) in [5.74, 6) is -0.503.